The second kappa shape index (κ2) is 4.00. The van der Waals surface area contributed by atoms with Crippen molar-refractivity contribution in [3.8, 4) is 11.1 Å². The van der Waals surface area contributed by atoms with Crippen molar-refractivity contribution in [2.75, 3.05) is 5.73 Å². The summed E-state index contributed by atoms with van der Waals surface area (Å²) in [6.45, 7) is 0.812. The van der Waals surface area contributed by atoms with Gasteiger partial charge in [0.25, 0.3) is 5.92 Å². The van der Waals surface area contributed by atoms with Gasteiger partial charge < -0.3 is 10.3 Å². The van der Waals surface area contributed by atoms with Crippen LogP contribution in [0.3, 0.4) is 0 Å². The van der Waals surface area contributed by atoms with Gasteiger partial charge in [0.15, 0.2) is 0 Å². The smallest absolute Gasteiger partial charge is 0.270 e. The van der Waals surface area contributed by atoms with E-state index in [9.17, 15) is 8.78 Å². The summed E-state index contributed by atoms with van der Waals surface area (Å²) >= 11 is 5.94. The number of aromatic nitrogens is 1. The quantitative estimate of drug-likeness (QED) is 0.894. The largest absolute Gasteiger partial charge is 0.367 e. The standard InChI is InChI=1S/C11H9ClF2N2O/c1-11(13,14)6-2-3-7(9(12)4-6)8-5-16-17-10(8)15/h2-5H,15H2,1H3. The number of hydrogen-bond donors (Lipinski definition) is 1. The first kappa shape index (κ1) is 11.9. The minimum atomic E-state index is -2.93. The summed E-state index contributed by atoms with van der Waals surface area (Å²) in [6.07, 6.45) is 1.39. The van der Waals surface area contributed by atoms with Crippen LogP contribution in [0.4, 0.5) is 14.7 Å². The summed E-state index contributed by atoms with van der Waals surface area (Å²) in [5.41, 5.74) is 6.38. The maximum absolute atomic E-state index is 13.1. The Hall–Kier alpha value is -1.62. The minimum absolute atomic E-state index is 0.0999. The van der Waals surface area contributed by atoms with Crippen LogP contribution in [0.5, 0.6) is 0 Å². The molecule has 0 fully saturated rings. The van der Waals surface area contributed by atoms with E-state index < -0.39 is 5.92 Å². The van der Waals surface area contributed by atoms with Crippen LogP contribution >= 0.6 is 11.6 Å². The predicted molar refractivity (Wildman–Crippen MR) is 60.9 cm³/mol. The number of nitrogens with zero attached hydrogens (tertiary/aromatic N) is 1. The molecule has 0 unspecified atom stereocenters. The zero-order valence-corrected chi connectivity index (χ0v) is 9.63. The Balaban J connectivity index is 2.50. The molecule has 0 atom stereocenters. The highest BCUT2D eigenvalue weighted by Gasteiger charge is 2.25. The fourth-order valence-electron chi connectivity index (χ4n) is 1.46. The van der Waals surface area contributed by atoms with E-state index in [2.05, 4.69) is 5.16 Å². The van der Waals surface area contributed by atoms with E-state index in [1.54, 1.807) is 0 Å². The highest BCUT2D eigenvalue weighted by atomic mass is 35.5. The van der Waals surface area contributed by atoms with Crippen molar-refractivity contribution in [3.63, 3.8) is 0 Å². The summed E-state index contributed by atoms with van der Waals surface area (Å²) in [5, 5.41) is 3.68. The highest BCUT2D eigenvalue weighted by Crippen LogP contribution is 2.36. The summed E-state index contributed by atoms with van der Waals surface area (Å²) in [7, 11) is 0. The van der Waals surface area contributed by atoms with Crippen molar-refractivity contribution < 1.29 is 13.3 Å². The zero-order chi connectivity index (χ0) is 12.6. The highest BCUT2D eigenvalue weighted by molar-refractivity contribution is 6.33. The van der Waals surface area contributed by atoms with Crippen LogP contribution in [-0.2, 0) is 5.92 Å². The molecule has 0 saturated carbocycles. The molecule has 1 aromatic carbocycles. The number of halogens is 3. The lowest BCUT2D eigenvalue weighted by Gasteiger charge is -2.12. The lowest BCUT2D eigenvalue weighted by molar-refractivity contribution is 0.0175. The summed E-state index contributed by atoms with van der Waals surface area (Å²) in [5.74, 6) is -2.83. The lowest BCUT2D eigenvalue weighted by Crippen LogP contribution is -2.06. The monoisotopic (exact) mass is 258 g/mol. The molecule has 0 aliphatic rings. The third-order valence-corrected chi connectivity index (χ3v) is 2.68. The Morgan fingerprint density at radius 1 is 1.35 bits per heavy atom. The maximum Gasteiger partial charge on any atom is 0.270 e. The fraction of sp³-hybridized carbons (Fsp3) is 0.182. The van der Waals surface area contributed by atoms with Crippen molar-refractivity contribution in [1.82, 2.24) is 5.16 Å². The maximum atomic E-state index is 13.1. The van der Waals surface area contributed by atoms with Gasteiger partial charge in [-0.2, -0.15) is 0 Å². The van der Waals surface area contributed by atoms with Crippen LogP contribution in [0.15, 0.2) is 28.9 Å². The number of rotatable bonds is 2. The van der Waals surface area contributed by atoms with E-state index in [1.807, 2.05) is 0 Å². The van der Waals surface area contributed by atoms with Crippen LogP contribution in [0.2, 0.25) is 5.02 Å². The van der Waals surface area contributed by atoms with Gasteiger partial charge in [-0.15, -0.1) is 0 Å². The minimum Gasteiger partial charge on any atom is -0.367 e. The van der Waals surface area contributed by atoms with Gasteiger partial charge in [0, 0.05) is 23.1 Å². The number of anilines is 1. The molecule has 1 heterocycles. The first-order chi connectivity index (χ1) is 7.89. The van der Waals surface area contributed by atoms with E-state index in [-0.39, 0.29) is 16.5 Å². The average molecular weight is 259 g/mol. The molecule has 0 saturated heterocycles. The van der Waals surface area contributed by atoms with Gasteiger partial charge in [-0.05, 0) is 6.07 Å². The van der Waals surface area contributed by atoms with Crippen LogP contribution < -0.4 is 5.73 Å². The van der Waals surface area contributed by atoms with Crippen molar-refractivity contribution in [2.24, 2.45) is 0 Å². The molecule has 90 valence electrons. The number of hydrogen-bond acceptors (Lipinski definition) is 3. The van der Waals surface area contributed by atoms with Crippen molar-refractivity contribution in [1.29, 1.82) is 0 Å². The topological polar surface area (TPSA) is 52.0 Å². The molecule has 0 amide bonds. The molecule has 0 aliphatic heterocycles. The van der Waals surface area contributed by atoms with Gasteiger partial charge >= 0.3 is 0 Å². The molecule has 2 N–H and O–H groups in total. The molecule has 1 aromatic heterocycles. The molecule has 0 radical (unpaired) electrons. The Labute approximate surface area is 101 Å². The third kappa shape index (κ3) is 2.24. The summed E-state index contributed by atoms with van der Waals surface area (Å²) < 4.78 is 30.8. The Kier molecular flexibility index (Phi) is 2.79. The second-order valence-corrected chi connectivity index (χ2v) is 4.09. The number of nitrogens with two attached hydrogens (primary N) is 1. The van der Waals surface area contributed by atoms with Crippen molar-refractivity contribution in [3.05, 3.63) is 35.0 Å². The van der Waals surface area contributed by atoms with Gasteiger partial charge in [0.1, 0.15) is 0 Å². The van der Waals surface area contributed by atoms with Crippen molar-refractivity contribution in [2.45, 2.75) is 12.8 Å². The average Bonchev–Trinajstić information content (AvgIpc) is 2.63. The van der Waals surface area contributed by atoms with Crippen molar-refractivity contribution >= 4 is 17.5 Å². The fourth-order valence-corrected chi connectivity index (χ4v) is 1.74. The first-order valence-corrected chi connectivity index (χ1v) is 5.16. The molecular weight excluding hydrogens is 250 g/mol. The van der Waals surface area contributed by atoms with Crippen LogP contribution in [0, 0.1) is 0 Å². The molecule has 17 heavy (non-hydrogen) atoms. The Bertz CT molecular complexity index is 549. The number of alkyl halides is 2. The molecule has 2 aromatic rings. The van der Waals surface area contributed by atoms with E-state index in [1.165, 1.54) is 24.4 Å². The molecule has 0 aliphatic carbocycles. The first-order valence-electron chi connectivity index (χ1n) is 4.78. The predicted octanol–water partition coefficient (Wildman–Crippen LogP) is 3.69. The van der Waals surface area contributed by atoms with Crippen LogP contribution in [-0.4, -0.2) is 5.16 Å². The molecule has 0 spiro atoms. The Morgan fingerprint density at radius 2 is 2.06 bits per heavy atom. The SMILES string of the molecule is CC(F)(F)c1ccc(-c2cnoc2N)c(Cl)c1. The number of benzene rings is 1. The molecule has 3 nitrogen and oxygen atoms in total. The van der Waals surface area contributed by atoms with Gasteiger partial charge in [0.05, 0.1) is 11.8 Å². The van der Waals surface area contributed by atoms with E-state index >= 15 is 0 Å². The summed E-state index contributed by atoms with van der Waals surface area (Å²) in [6, 6.07) is 3.98. The van der Waals surface area contributed by atoms with Crippen LogP contribution in [0.1, 0.15) is 12.5 Å². The summed E-state index contributed by atoms with van der Waals surface area (Å²) in [4.78, 5) is 0. The molecule has 0 bridgehead atoms. The zero-order valence-electron chi connectivity index (χ0n) is 8.88. The third-order valence-electron chi connectivity index (χ3n) is 2.36. The lowest BCUT2D eigenvalue weighted by atomic mass is 10.0. The van der Waals surface area contributed by atoms with Crippen LogP contribution in [0.25, 0.3) is 11.1 Å². The molecule has 6 heteroatoms. The number of nitrogen functional groups attached to an aromatic ring is 1. The second-order valence-electron chi connectivity index (χ2n) is 3.69. The van der Waals surface area contributed by atoms with Gasteiger partial charge in [-0.25, -0.2) is 8.78 Å². The van der Waals surface area contributed by atoms with Gasteiger partial charge in [-0.1, -0.05) is 28.9 Å². The van der Waals surface area contributed by atoms with E-state index in [0.717, 1.165) is 6.92 Å². The van der Waals surface area contributed by atoms with Gasteiger partial charge in [0.2, 0.25) is 5.88 Å². The Morgan fingerprint density at radius 3 is 2.53 bits per heavy atom. The van der Waals surface area contributed by atoms with Gasteiger partial charge in [-0.3, -0.25) is 0 Å². The normalized spacial score (nSPS) is 11.8. The van der Waals surface area contributed by atoms with E-state index in [0.29, 0.717) is 11.1 Å². The molecule has 2 rings (SSSR count). The van der Waals surface area contributed by atoms with E-state index in [4.69, 9.17) is 21.9 Å². The molecular formula is C11H9ClF2N2O.